The monoisotopic (exact) mass is 309 g/mol. The molecule has 0 spiro atoms. The van der Waals surface area contributed by atoms with Gasteiger partial charge in [-0.3, -0.25) is 14.9 Å². The van der Waals surface area contributed by atoms with Crippen molar-refractivity contribution in [3.63, 3.8) is 0 Å². The van der Waals surface area contributed by atoms with Crippen LogP contribution < -0.4 is 11.1 Å². The van der Waals surface area contributed by atoms with Crippen molar-refractivity contribution in [1.82, 2.24) is 5.32 Å². The van der Waals surface area contributed by atoms with E-state index in [2.05, 4.69) is 5.32 Å². The van der Waals surface area contributed by atoms with Crippen molar-refractivity contribution < 1.29 is 14.1 Å². The normalized spacial score (nSPS) is 10.4. The number of aryl methyl sites for hydroxylation is 1. The molecule has 2 rings (SSSR count). The summed E-state index contributed by atoms with van der Waals surface area (Å²) in [6.45, 7) is 1.93. The van der Waals surface area contributed by atoms with Gasteiger partial charge in [-0.2, -0.15) is 0 Å². The van der Waals surface area contributed by atoms with Crippen LogP contribution >= 0.6 is 11.6 Å². The second kappa shape index (κ2) is 5.84. The molecule has 0 aliphatic heterocycles. The summed E-state index contributed by atoms with van der Waals surface area (Å²) in [5, 5.41) is 13.3. The average Bonchev–Trinajstić information content (AvgIpc) is 2.84. The zero-order valence-corrected chi connectivity index (χ0v) is 11.8. The lowest BCUT2D eigenvalue weighted by atomic mass is 10.1. The molecule has 0 fully saturated rings. The third-order valence-corrected chi connectivity index (χ3v) is 3.10. The van der Waals surface area contributed by atoms with Crippen molar-refractivity contribution in [3.05, 3.63) is 56.5 Å². The maximum atomic E-state index is 12.1. The molecule has 1 aromatic carbocycles. The number of anilines is 1. The number of carbonyl (C=O) groups is 1. The van der Waals surface area contributed by atoms with Gasteiger partial charge >= 0.3 is 0 Å². The number of nitrogens with zero attached hydrogens (tertiary/aromatic N) is 1. The minimum atomic E-state index is -0.641. The second-order valence-electron chi connectivity index (χ2n) is 4.34. The van der Waals surface area contributed by atoms with Crippen molar-refractivity contribution in [1.29, 1.82) is 0 Å². The predicted octanol–water partition coefficient (Wildman–Crippen LogP) is 2.66. The van der Waals surface area contributed by atoms with Gasteiger partial charge in [0.2, 0.25) is 0 Å². The van der Waals surface area contributed by atoms with Crippen LogP contribution in [0.4, 0.5) is 11.4 Å². The van der Waals surface area contributed by atoms with Gasteiger partial charge in [0.1, 0.15) is 11.5 Å². The molecule has 7 nitrogen and oxygen atoms in total. The van der Waals surface area contributed by atoms with E-state index in [1.54, 1.807) is 19.1 Å². The number of nitrogens with one attached hydrogen (secondary N) is 1. The first kappa shape index (κ1) is 14.9. The van der Waals surface area contributed by atoms with Crippen LogP contribution in [0.25, 0.3) is 0 Å². The number of rotatable bonds is 4. The third kappa shape index (κ3) is 3.32. The summed E-state index contributed by atoms with van der Waals surface area (Å²) in [5.41, 5.74) is 5.34. The number of hydrogen-bond donors (Lipinski definition) is 2. The summed E-state index contributed by atoms with van der Waals surface area (Å²) < 4.78 is 5.31. The lowest BCUT2D eigenvalue weighted by molar-refractivity contribution is -0.384. The molecule has 110 valence electrons. The quantitative estimate of drug-likeness (QED) is 0.512. The molecule has 0 atom stereocenters. The molecule has 21 heavy (non-hydrogen) atoms. The maximum Gasteiger partial charge on any atom is 0.271 e. The van der Waals surface area contributed by atoms with E-state index in [0.29, 0.717) is 5.76 Å². The van der Waals surface area contributed by atoms with Crippen LogP contribution in [0.5, 0.6) is 0 Å². The van der Waals surface area contributed by atoms with Crippen molar-refractivity contribution in [2.45, 2.75) is 13.5 Å². The van der Waals surface area contributed by atoms with Crippen LogP contribution in [0.2, 0.25) is 5.02 Å². The van der Waals surface area contributed by atoms with E-state index in [0.717, 1.165) is 17.9 Å². The van der Waals surface area contributed by atoms with Crippen LogP contribution in [0.1, 0.15) is 21.9 Å². The number of non-ortho nitro benzene ring substituents is 1. The second-order valence-corrected chi connectivity index (χ2v) is 4.75. The summed E-state index contributed by atoms with van der Waals surface area (Å²) in [4.78, 5) is 22.2. The number of nitrogen functional groups attached to an aromatic ring is 1. The highest BCUT2D eigenvalue weighted by Crippen LogP contribution is 2.28. The Balaban J connectivity index is 2.20. The maximum absolute atomic E-state index is 12.1. The number of amides is 1. The molecule has 2 aromatic rings. The highest BCUT2D eigenvalue weighted by molar-refractivity contribution is 6.34. The van der Waals surface area contributed by atoms with Gasteiger partial charge in [0, 0.05) is 12.1 Å². The number of furan rings is 1. The van der Waals surface area contributed by atoms with Crippen molar-refractivity contribution >= 4 is 28.9 Å². The number of benzene rings is 1. The van der Waals surface area contributed by atoms with Crippen molar-refractivity contribution in [2.75, 3.05) is 5.73 Å². The Morgan fingerprint density at radius 3 is 2.76 bits per heavy atom. The van der Waals surface area contributed by atoms with Crippen molar-refractivity contribution in [2.24, 2.45) is 0 Å². The van der Waals surface area contributed by atoms with Crippen LogP contribution in [-0.2, 0) is 6.54 Å². The highest BCUT2D eigenvalue weighted by atomic mass is 35.5. The van der Waals surface area contributed by atoms with Crippen LogP contribution in [0.3, 0.4) is 0 Å². The van der Waals surface area contributed by atoms with Gasteiger partial charge in [-0.05, 0) is 19.1 Å². The number of nitro benzene ring substituents is 1. The minimum absolute atomic E-state index is 0.00427. The number of nitrogens with two attached hydrogens (primary N) is 1. The fourth-order valence-corrected chi connectivity index (χ4v) is 1.95. The van der Waals surface area contributed by atoms with Gasteiger partial charge < -0.3 is 15.5 Å². The van der Waals surface area contributed by atoms with Gasteiger partial charge in [-0.1, -0.05) is 11.6 Å². The fraction of sp³-hybridized carbons (Fsp3) is 0.154. The van der Waals surface area contributed by atoms with E-state index >= 15 is 0 Å². The molecule has 1 heterocycles. The molecule has 0 aliphatic rings. The number of nitro groups is 1. The average molecular weight is 310 g/mol. The number of halogens is 1. The van der Waals surface area contributed by atoms with Gasteiger partial charge in [-0.15, -0.1) is 0 Å². The third-order valence-electron chi connectivity index (χ3n) is 2.79. The van der Waals surface area contributed by atoms with E-state index in [9.17, 15) is 14.9 Å². The molecule has 1 amide bonds. The van der Waals surface area contributed by atoms with Crippen LogP contribution in [0, 0.1) is 17.0 Å². The zero-order valence-electron chi connectivity index (χ0n) is 11.1. The van der Waals surface area contributed by atoms with E-state index in [1.165, 1.54) is 0 Å². The Morgan fingerprint density at radius 1 is 1.48 bits per heavy atom. The van der Waals surface area contributed by atoms with Gasteiger partial charge in [-0.25, -0.2) is 0 Å². The summed E-state index contributed by atoms with van der Waals surface area (Å²) in [5.74, 6) is 0.722. The van der Waals surface area contributed by atoms with Gasteiger partial charge in [0.05, 0.1) is 27.7 Å². The smallest absolute Gasteiger partial charge is 0.271 e. The Hall–Kier alpha value is -2.54. The Morgan fingerprint density at radius 2 is 2.19 bits per heavy atom. The first-order valence-corrected chi connectivity index (χ1v) is 6.33. The molecular formula is C13H12ClN3O4. The SMILES string of the molecule is Cc1ccc(CNC(=O)c2cc([N+](=O)[O-])cc(Cl)c2N)o1. The number of hydrogen-bond acceptors (Lipinski definition) is 5. The molecule has 0 radical (unpaired) electrons. The number of carbonyl (C=O) groups excluding carboxylic acids is 1. The Kier molecular flexibility index (Phi) is 4.13. The molecule has 0 bridgehead atoms. The van der Waals surface area contributed by atoms with E-state index in [1.807, 2.05) is 0 Å². The van der Waals surface area contributed by atoms with Crippen LogP contribution in [-0.4, -0.2) is 10.8 Å². The molecular weight excluding hydrogens is 298 g/mol. The van der Waals surface area contributed by atoms with Crippen molar-refractivity contribution in [3.8, 4) is 0 Å². The topological polar surface area (TPSA) is 111 Å². The predicted molar refractivity (Wildman–Crippen MR) is 77.1 cm³/mol. The summed E-state index contributed by atoms with van der Waals surface area (Å²) in [6, 6.07) is 5.67. The largest absolute Gasteiger partial charge is 0.465 e. The van der Waals surface area contributed by atoms with Gasteiger partial charge in [0.25, 0.3) is 11.6 Å². The summed E-state index contributed by atoms with van der Waals surface area (Å²) in [7, 11) is 0. The van der Waals surface area contributed by atoms with Gasteiger partial charge in [0.15, 0.2) is 0 Å². The first-order valence-electron chi connectivity index (χ1n) is 5.95. The Labute approximate surface area is 124 Å². The highest BCUT2D eigenvalue weighted by Gasteiger charge is 2.18. The van der Waals surface area contributed by atoms with E-state index in [-0.39, 0.29) is 28.5 Å². The molecule has 0 saturated heterocycles. The minimum Gasteiger partial charge on any atom is -0.465 e. The Bertz CT molecular complexity index is 711. The summed E-state index contributed by atoms with van der Waals surface area (Å²) >= 11 is 5.80. The standard InChI is InChI=1S/C13H12ClN3O4/c1-7-2-3-9(21-7)6-16-13(18)10-4-8(17(19)20)5-11(14)12(10)15/h2-5H,6,15H2,1H3,(H,16,18). The van der Waals surface area contributed by atoms with E-state index < -0.39 is 10.8 Å². The lowest BCUT2D eigenvalue weighted by Gasteiger charge is -2.08. The molecule has 3 N–H and O–H groups in total. The molecule has 8 heteroatoms. The molecule has 0 aliphatic carbocycles. The zero-order chi connectivity index (χ0) is 15.6. The molecule has 0 saturated carbocycles. The lowest BCUT2D eigenvalue weighted by Crippen LogP contribution is -2.23. The first-order chi connectivity index (χ1) is 9.88. The van der Waals surface area contributed by atoms with E-state index in [4.69, 9.17) is 21.8 Å². The molecule has 0 unspecified atom stereocenters. The fourth-order valence-electron chi connectivity index (χ4n) is 1.74. The molecule has 1 aromatic heterocycles. The summed E-state index contributed by atoms with van der Waals surface area (Å²) in [6.07, 6.45) is 0. The van der Waals surface area contributed by atoms with Crippen LogP contribution in [0.15, 0.2) is 28.7 Å².